The summed E-state index contributed by atoms with van der Waals surface area (Å²) in [6.07, 6.45) is 0.777. The van der Waals surface area contributed by atoms with Gasteiger partial charge in [-0.1, -0.05) is 6.92 Å². The number of piperidine rings is 1. The van der Waals surface area contributed by atoms with Crippen molar-refractivity contribution in [2.45, 2.75) is 30.9 Å². The molecule has 20 heavy (non-hydrogen) atoms. The lowest BCUT2D eigenvalue weighted by molar-refractivity contribution is 0.188. The summed E-state index contributed by atoms with van der Waals surface area (Å²) < 4.78 is 32.7. The van der Waals surface area contributed by atoms with Gasteiger partial charge < -0.3 is 14.4 Å². The Hall–Kier alpha value is -0.410. The summed E-state index contributed by atoms with van der Waals surface area (Å²) in [6.45, 7) is 3.43. The van der Waals surface area contributed by atoms with Crippen LogP contribution < -0.4 is 4.72 Å². The van der Waals surface area contributed by atoms with Gasteiger partial charge in [0.25, 0.3) is 0 Å². The zero-order chi connectivity index (χ0) is 14.9. The number of aliphatic hydroxyl groups is 1. The molecule has 0 saturated carbocycles. The number of nitrogens with one attached hydrogen (secondary N) is 1. The lowest BCUT2D eigenvalue weighted by atomic mass is 9.95. The quantitative estimate of drug-likeness (QED) is 0.835. The number of hydrogen-bond acceptors (Lipinski definition) is 5. The second-order valence-corrected chi connectivity index (χ2v) is 7.67. The number of sulfonamides is 1. The minimum Gasteiger partial charge on any atom is -0.450 e. The van der Waals surface area contributed by atoms with Crippen LogP contribution in [0.15, 0.2) is 20.0 Å². The number of halogens is 1. The predicted molar refractivity (Wildman–Crippen MR) is 77.7 cm³/mol. The normalized spacial score (nSPS) is 25.0. The molecule has 8 heteroatoms. The van der Waals surface area contributed by atoms with Crippen LogP contribution in [-0.4, -0.2) is 44.6 Å². The molecule has 114 valence electrons. The molecule has 1 aromatic rings. The summed E-state index contributed by atoms with van der Waals surface area (Å²) in [7, 11) is -1.62. The number of aliphatic hydroxyl groups excluding tert-OH is 1. The molecule has 2 unspecified atom stereocenters. The molecule has 0 radical (unpaired) electrons. The van der Waals surface area contributed by atoms with E-state index in [9.17, 15) is 8.42 Å². The van der Waals surface area contributed by atoms with Gasteiger partial charge in [-0.25, -0.2) is 13.1 Å². The van der Waals surface area contributed by atoms with Crippen molar-refractivity contribution in [1.82, 2.24) is 9.62 Å². The number of furan rings is 1. The van der Waals surface area contributed by atoms with Crippen LogP contribution in [-0.2, 0) is 16.6 Å². The molecule has 0 spiro atoms. The minimum atomic E-state index is -3.65. The minimum absolute atomic E-state index is 0.0349. The van der Waals surface area contributed by atoms with E-state index in [-0.39, 0.29) is 33.9 Å². The largest absolute Gasteiger partial charge is 0.450 e. The third-order valence-corrected chi connectivity index (χ3v) is 5.91. The van der Waals surface area contributed by atoms with E-state index in [0.717, 1.165) is 19.5 Å². The van der Waals surface area contributed by atoms with Crippen LogP contribution in [0.3, 0.4) is 0 Å². The fourth-order valence-corrected chi connectivity index (χ4v) is 4.83. The first-order valence-corrected chi connectivity index (χ1v) is 8.71. The Morgan fingerprint density at radius 3 is 2.85 bits per heavy atom. The Kier molecular flexibility index (Phi) is 4.91. The monoisotopic (exact) mass is 366 g/mol. The molecule has 6 nitrogen and oxygen atoms in total. The van der Waals surface area contributed by atoms with Gasteiger partial charge in [-0.3, -0.25) is 0 Å². The van der Waals surface area contributed by atoms with Gasteiger partial charge in [0, 0.05) is 18.7 Å². The van der Waals surface area contributed by atoms with E-state index in [2.05, 4.69) is 25.6 Å². The highest BCUT2D eigenvalue weighted by Gasteiger charge is 2.30. The molecule has 2 heterocycles. The number of rotatable bonds is 4. The smallest absolute Gasteiger partial charge is 0.245 e. The molecular weight excluding hydrogens is 348 g/mol. The molecule has 1 aromatic heterocycles. The van der Waals surface area contributed by atoms with Crippen LogP contribution >= 0.6 is 15.9 Å². The first kappa shape index (κ1) is 16.0. The standard InChI is InChI=1S/C12H19BrN2O4S/c1-8-6-15(2)4-3-10(8)14-20(17,18)11-5-9(7-16)19-12(11)13/h5,8,10,14,16H,3-4,6-7H2,1-2H3. The van der Waals surface area contributed by atoms with Gasteiger partial charge in [0.05, 0.1) is 0 Å². The van der Waals surface area contributed by atoms with Gasteiger partial charge in [-0.15, -0.1) is 0 Å². The molecular formula is C12H19BrN2O4S. The van der Waals surface area contributed by atoms with E-state index in [4.69, 9.17) is 9.52 Å². The van der Waals surface area contributed by atoms with Crippen molar-refractivity contribution in [2.24, 2.45) is 5.92 Å². The van der Waals surface area contributed by atoms with Crippen LogP contribution in [0.2, 0.25) is 0 Å². The highest BCUT2D eigenvalue weighted by molar-refractivity contribution is 9.10. The fraction of sp³-hybridized carbons (Fsp3) is 0.667. The van der Waals surface area contributed by atoms with Crippen molar-refractivity contribution in [1.29, 1.82) is 0 Å². The van der Waals surface area contributed by atoms with Crippen molar-refractivity contribution >= 4 is 26.0 Å². The Bertz CT molecular complexity index is 572. The van der Waals surface area contributed by atoms with Crippen LogP contribution in [0.4, 0.5) is 0 Å². The molecule has 1 aliphatic heterocycles. The molecule has 0 amide bonds. The first-order chi connectivity index (χ1) is 9.33. The van der Waals surface area contributed by atoms with Gasteiger partial charge in [-0.2, -0.15) is 0 Å². The van der Waals surface area contributed by atoms with Crippen molar-refractivity contribution in [3.05, 3.63) is 16.5 Å². The van der Waals surface area contributed by atoms with Crippen molar-refractivity contribution in [3.8, 4) is 0 Å². The maximum Gasteiger partial charge on any atom is 0.245 e. The van der Waals surface area contributed by atoms with Gasteiger partial charge >= 0.3 is 0 Å². The van der Waals surface area contributed by atoms with Crippen LogP contribution in [0.1, 0.15) is 19.1 Å². The van der Waals surface area contributed by atoms with Crippen molar-refractivity contribution < 1.29 is 17.9 Å². The number of hydrogen-bond donors (Lipinski definition) is 2. The summed E-state index contributed by atoms with van der Waals surface area (Å²) in [5, 5.41) is 9.00. The zero-order valence-corrected chi connectivity index (χ0v) is 13.9. The average Bonchev–Trinajstić information content (AvgIpc) is 2.75. The topological polar surface area (TPSA) is 82.8 Å². The van der Waals surface area contributed by atoms with E-state index in [1.165, 1.54) is 6.07 Å². The van der Waals surface area contributed by atoms with Gasteiger partial charge in [0.1, 0.15) is 17.3 Å². The molecule has 2 atom stereocenters. The Morgan fingerprint density at radius 2 is 2.30 bits per heavy atom. The summed E-state index contributed by atoms with van der Waals surface area (Å²) in [5.74, 6) is 0.459. The second-order valence-electron chi connectivity index (χ2n) is 5.26. The molecule has 1 fully saturated rings. The highest BCUT2D eigenvalue weighted by Crippen LogP contribution is 2.27. The van der Waals surface area contributed by atoms with Gasteiger partial charge in [0.15, 0.2) is 4.67 Å². The van der Waals surface area contributed by atoms with E-state index in [1.807, 2.05) is 14.0 Å². The molecule has 0 aliphatic carbocycles. The lowest BCUT2D eigenvalue weighted by Gasteiger charge is -2.34. The molecule has 2 N–H and O–H groups in total. The van der Waals surface area contributed by atoms with Crippen LogP contribution in [0.25, 0.3) is 0 Å². The maximum atomic E-state index is 12.4. The van der Waals surface area contributed by atoms with Crippen LogP contribution in [0.5, 0.6) is 0 Å². The van der Waals surface area contributed by atoms with Gasteiger partial charge in [0.2, 0.25) is 10.0 Å². The Balaban J connectivity index is 2.16. The highest BCUT2D eigenvalue weighted by atomic mass is 79.9. The Morgan fingerprint density at radius 1 is 1.60 bits per heavy atom. The molecule has 0 bridgehead atoms. The third kappa shape index (κ3) is 3.43. The zero-order valence-electron chi connectivity index (χ0n) is 11.5. The van der Waals surface area contributed by atoms with Crippen molar-refractivity contribution in [2.75, 3.05) is 20.1 Å². The van der Waals surface area contributed by atoms with E-state index in [1.54, 1.807) is 0 Å². The molecule has 1 aliphatic rings. The third-order valence-electron chi connectivity index (χ3n) is 3.57. The average molecular weight is 367 g/mol. The summed E-state index contributed by atoms with van der Waals surface area (Å²) in [5.41, 5.74) is 0. The van der Waals surface area contributed by atoms with Crippen molar-refractivity contribution in [3.63, 3.8) is 0 Å². The molecule has 2 rings (SSSR count). The van der Waals surface area contributed by atoms with Crippen LogP contribution in [0, 0.1) is 5.92 Å². The summed E-state index contributed by atoms with van der Waals surface area (Å²) in [4.78, 5) is 2.22. The first-order valence-electron chi connectivity index (χ1n) is 6.43. The molecule has 1 saturated heterocycles. The second kappa shape index (κ2) is 6.15. The molecule has 0 aromatic carbocycles. The van der Waals surface area contributed by atoms with E-state index >= 15 is 0 Å². The predicted octanol–water partition coefficient (Wildman–Crippen LogP) is 1.15. The SMILES string of the molecule is CC1CN(C)CCC1NS(=O)(=O)c1cc(CO)oc1Br. The maximum absolute atomic E-state index is 12.4. The summed E-state index contributed by atoms with van der Waals surface area (Å²) in [6, 6.07) is 1.25. The lowest BCUT2D eigenvalue weighted by Crippen LogP contribution is -2.48. The van der Waals surface area contributed by atoms with Gasteiger partial charge in [-0.05, 0) is 41.9 Å². The van der Waals surface area contributed by atoms with E-state index < -0.39 is 10.0 Å². The number of likely N-dealkylation sites (tertiary alicyclic amines) is 1. The summed E-state index contributed by atoms with van der Waals surface area (Å²) >= 11 is 3.08. The van der Waals surface area contributed by atoms with E-state index in [0.29, 0.717) is 0 Å². The number of nitrogens with zero attached hydrogens (tertiary/aromatic N) is 1. The Labute approximate surface area is 127 Å². The fourth-order valence-electron chi connectivity index (χ4n) is 2.45.